The van der Waals surface area contributed by atoms with Crippen LogP contribution < -0.4 is 10.4 Å². The van der Waals surface area contributed by atoms with E-state index in [0.717, 1.165) is 35.6 Å². The number of sulfonamides is 1. The number of anilines is 2. The molecule has 1 aliphatic heterocycles. The summed E-state index contributed by atoms with van der Waals surface area (Å²) in [5, 5.41) is 1.73. The number of hydrogen-bond donors (Lipinski definition) is 1. The number of thiophene rings is 1. The van der Waals surface area contributed by atoms with Gasteiger partial charge in [0.25, 0.3) is 10.0 Å². The third-order valence-electron chi connectivity index (χ3n) is 4.90. The van der Waals surface area contributed by atoms with Gasteiger partial charge in [-0.05, 0) is 49.2 Å². The Bertz CT molecular complexity index is 1050. The molecule has 156 valence electrons. The molecule has 0 saturated carbocycles. The number of rotatable bonds is 7. The molecular formula is C22H23N3O3S2. The zero-order valence-corrected chi connectivity index (χ0v) is 18.0. The first-order valence-corrected chi connectivity index (χ1v) is 12.1. The molecule has 0 unspecified atom stereocenters. The molecule has 2 aromatic carbocycles. The number of nitrogens with zero attached hydrogens (tertiary/aromatic N) is 2. The molecule has 0 aliphatic carbocycles. The van der Waals surface area contributed by atoms with Crippen molar-refractivity contribution in [3.8, 4) is 0 Å². The molecule has 0 radical (unpaired) electrons. The predicted molar refractivity (Wildman–Crippen MR) is 119 cm³/mol. The average molecular weight is 442 g/mol. The van der Waals surface area contributed by atoms with Crippen LogP contribution in [0.15, 0.2) is 77.0 Å². The van der Waals surface area contributed by atoms with E-state index < -0.39 is 10.0 Å². The maximum Gasteiger partial charge on any atom is 0.252 e. The van der Waals surface area contributed by atoms with Crippen molar-refractivity contribution in [2.75, 3.05) is 18.1 Å². The smallest absolute Gasteiger partial charge is 0.252 e. The van der Waals surface area contributed by atoms with E-state index in [2.05, 4.69) is 5.43 Å². The SMILES string of the molecule is O=C(Cc1ccc(S(=O)(=O)N2CCCC2)s1)NN(c1ccccc1)c1ccccc1. The van der Waals surface area contributed by atoms with Gasteiger partial charge in [-0.25, -0.2) is 8.42 Å². The third kappa shape index (κ3) is 4.56. The Hall–Kier alpha value is -2.68. The number of carbonyl (C=O) groups is 1. The van der Waals surface area contributed by atoms with Gasteiger partial charge in [-0.15, -0.1) is 11.3 Å². The van der Waals surface area contributed by atoms with Crippen LogP contribution in [-0.2, 0) is 21.2 Å². The minimum atomic E-state index is -3.45. The number of amides is 1. The number of carbonyl (C=O) groups excluding carboxylic acids is 1. The Balaban J connectivity index is 1.49. The molecule has 1 N–H and O–H groups in total. The first kappa shape index (κ1) is 20.6. The van der Waals surface area contributed by atoms with Crippen molar-refractivity contribution in [2.45, 2.75) is 23.5 Å². The second-order valence-corrected chi connectivity index (χ2v) is 10.4. The minimum Gasteiger partial charge on any atom is -0.273 e. The molecule has 1 aliphatic rings. The van der Waals surface area contributed by atoms with Gasteiger partial charge in [-0.3, -0.25) is 15.2 Å². The molecule has 3 aromatic rings. The molecule has 0 atom stereocenters. The summed E-state index contributed by atoms with van der Waals surface area (Å²) in [6.07, 6.45) is 1.90. The van der Waals surface area contributed by atoms with Gasteiger partial charge in [0.15, 0.2) is 0 Å². The van der Waals surface area contributed by atoms with Crippen molar-refractivity contribution < 1.29 is 13.2 Å². The lowest BCUT2D eigenvalue weighted by Gasteiger charge is -2.25. The van der Waals surface area contributed by atoms with Crippen LogP contribution in [0.5, 0.6) is 0 Å². The Labute approximate surface area is 180 Å². The van der Waals surface area contributed by atoms with Crippen LogP contribution in [0, 0.1) is 0 Å². The quantitative estimate of drug-likeness (QED) is 0.564. The Morgan fingerprint density at radius 3 is 2.03 bits per heavy atom. The number of hydrogen-bond acceptors (Lipinski definition) is 5. The van der Waals surface area contributed by atoms with E-state index in [-0.39, 0.29) is 12.3 Å². The highest BCUT2D eigenvalue weighted by molar-refractivity contribution is 7.91. The number of nitrogens with one attached hydrogen (secondary N) is 1. The van der Waals surface area contributed by atoms with E-state index in [4.69, 9.17) is 0 Å². The van der Waals surface area contributed by atoms with Gasteiger partial charge >= 0.3 is 0 Å². The standard InChI is InChI=1S/C22H23N3O3S2/c26-21(17-20-13-14-22(29-20)30(27,28)24-15-7-8-16-24)23-25(18-9-3-1-4-10-18)19-11-5-2-6-12-19/h1-6,9-14H,7-8,15-17H2,(H,23,26). The van der Waals surface area contributed by atoms with Gasteiger partial charge in [0.2, 0.25) is 5.91 Å². The molecule has 30 heavy (non-hydrogen) atoms. The summed E-state index contributed by atoms with van der Waals surface area (Å²) in [5.41, 5.74) is 4.61. The van der Waals surface area contributed by atoms with Gasteiger partial charge in [0, 0.05) is 18.0 Å². The van der Waals surface area contributed by atoms with Crippen LogP contribution in [0.25, 0.3) is 0 Å². The van der Waals surface area contributed by atoms with Crippen LogP contribution in [-0.4, -0.2) is 31.7 Å². The zero-order chi connectivity index (χ0) is 21.0. The molecule has 0 spiro atoms. The lowest BCUT2D eigenvalue weighted by Crippen LogP contribution is -2.39. The summed E-state index contributed by atoms with van der Waals surface area (Å²) in [4.78, 5) is 13.5. The molecule has 1 saturated heterocycles. The molecule has 6 nitrogen and oxygen atoms in total. The summed E-state index contributed by atoms with van der Waals surface area (Å²) in [6, 6.07) is 22.5. The molecule has 1 fully saturated rings. The second kappa shape index (κ2) is 8.99. The molecular weight excluding hydrogens is 418 g/mol. The third-order valence-corrected chi connectivity index (χ3v) is 8.35. The minimum absolute atomic E-state index is 0.107. The van der Waals surface area contributed by atoms with E-state index in [0.29, 0.717) is 22.2 Å². The second-order valence-electron chi connectivity index (χ2n) is 7.05. The van der Waals surface area contributed by atoms with E-state index in [1.807, 2.05) is 60.7 Å². The van der Waals surface area contributed by atoms with Gasteiger partial charge in [-0.2, -0.15) is 4.31 Å². The van der Waals surface area contributed by atoms with Crippen molar-refractivity contribution >= 4 is 38.6 Å². The number of hydrazine groups is 1. The highest BCUT2D eigenvalue weighted by Crippen LogP contribution is 2.28. The summed E-state index contributed by atoms with van der Waals surface area (Å²) in [6.45, 7) is 1.14. The summed E-state index contributed by atoms with van der Waals surface area (Å²) in [7, 11) is -3.45. The Morgan fingerprint density at radius 1 is 0.900 bits per heavy atom. The van der Waals surface area contributed by atoms with Crippen molar-refractivity contribution in [1.29, 1.82) is 0 Å². The van der Waals surface area contributed by atoms with Crippen LogP contribution in [0.2, 0.25) is 0 Å². The number of benzene rings is 2. The van der Waals surface area contributed by atoms with Crippen LogP contribution >= 0.6 is 11.3 Å². The molecule has 0 bridgehead atoms. The zero-order valence-electron chi connectivity index (χ0n) is 16.4. The first-order valence-electron chi connectivity index (χ1n) is 9.82. The van der Waals surface area contributed by atoms with Crippen molar-refractivity contribution in [1.82, 2.24) is 9.73 Å². The Kier molecular flexibility index (Phi) is 6.17. The molecule has 1 aromatic heterocycles. The molecule has 4 rings (SSSR count). The Morgan fingerprint density at radius 2 is 1.47 bits per heavy atom. The van der Waals surface area contributed by atoms with Crippen LogP contribution in [0.3, 0.4) is 0 Å². The summed E-state index contributed by atoms with van der Waals surface area (Å²) in [5.74, 6) is -0.213. The molecule has 2 heterocycles. The van der Waals surface area contributed by atoms with Crippen LogP contribution in [0.1, 0.15) is 17.7 Å². The summed E-state index contributed by atoms with van der Waals surface area (Å²) >= 11 is 1.16. The predicted octanol–water partition coefficient (Wildman–Crippen LogP) is 3.94. The van der Waals surface area contributed by atoms with E-state index in [1.165, 1.54) is 4.31 Å². The highest BCUT2D eigenvalue weighted by atomic mass is 32.2. The van der Waals surface area contributed by atoms with Gasteiger partial charge in [0.1, 0.15) is 4.21 Å². The van der Waals surface area contributed by atoms with E-state index in [9.17, 15) is 13.2 Å². The molecule has 8 heteroatoms. The highest BCUT2D eigenvalue weighted by Gasteiger charge is 2.28. The van der Waals surface area contributed by atoms with E-state index >= 15 is 0 Å². The fourth-order valence-electron chi connectivity index (χ4n) is 3.40. The number of para-hydroxylation sites is 2. The van der Waals surface area contributed by atoms with Crippen molar-refractivity contribution in [3.05, 3.63) is 77.7 Å². The van der Waals surface area contributed by atoms with Crippen molar-refractivity contribution in [2.24, 2.45) is 0 Å². The maximum atomic E-state index is 12.8. The van der Waals surface area contributed by atoms with Gasteiger partial charge in [-0.1, -0.05) is 36.4 Å². The molecule has 1 amide bonds. The lowest BCUT2D eigenvalue weighted by atomic mass is 10.2. The summed E-state index contributed by atoms with van der Waals surface area (Å²) < 4.78 is 27.2. The maximum absolute atomic E-state index is 12.8. The largest absolute Gasteiger partial charge is 0.273 e. The topological polar surface area (TPSA) is 69.7 Å². The first-order chi connectivity index (χ1) is 14.5. The van der Waals surface area contributed by atoms with E-state index in [1.54, 1.807) is 17.1 Å². The van der Waals surface area contributed by atoms with Crippen LogP contribution in [0.4, 0.5) is 11.4 Å². The van der Waals surface area contributed by atoms with Gasteiger partial charge < -0.3 is 0 Å². The normalized spacial score (nSPS) is 14.5. The average Bonchev–Trinajstić information content (AvgIpc) is 3.46. The monoisotopic (exact) mass is 441 g/mol. The fourth-order valence-corrected chi connectivity index (χ4v) is 6.43. The fraction of sp³-hybridized carbons (Fsp3) is 0.227. The van der Waals surface area contributed by atoms with Gasteiger partial charge in [0.05, 0.1) is 17.8 Å². The lowest BCUT2D eigenvalue weighted by molar-refractivity contribution is -0.120. The van der Waals surface area contributed by atoms with Crippen molar-refractivity contribution in [3.63, 3.8) is 0 Å².